The topological polar surface area (TPSA) is 88.5 Å². The number of carbonyl (C=O) groups excluding carboxylic acids is 1. The van der Waals surface area contributed by atoms with Gasteiger partial charge in [0.1, 0.15) is 17.3 Å². The first-order valence-electron chi connectivity index (χ1n) is 5.85. The van der Waals surface area contributed by atoms with Crippen LogP contribution in [0.5, 0.6) is 5.75 Å². The normalized spacial score (nSPS) is 10.0. The van der Waals surface area contributed by atoms with Crippen LogP contribution in [0, 0.1) is 5.82 Å². The maximum atomic E-state index is 12.7. The van der Waals surface area contributed by atoms with Gasteiger partial charge >= 0.3 is 5.97 Å². The molecule has 1 heterocycles. The number of amides is 1. The average Bonchev–Trinajstić information content (AvgIpc) is 2.48. The lowest BCUT2D eigenvalue weighted by atomic mass is 10.1. The molecule has 1 amide bonds. The summed E-state index contributed by atoms with van der Waals surface area (Å²) < 4.78 is 17.7. The van der Waals surface area contributed by atoms with E-state index in [1.54, 1.807) is 0 Å². The van der Waals surface area contributed by atoms with Crippen molar-refractivity contribution < 1.29 is 23.8 Å². The second-order valence-corrected chi connectivity index (χ2v) is 4.03. The van der Waals surface area contributed by atoms with E-state index in [2.05, 4.69) is 10.3 Å². The Hall–Kier alpha value is -2.96. The van der Waals surface area contributed by atoms with Crippen molar-refractivity contribution in [1.29, 1.82) is 0 Å². The van der Waals surface area contributed by atoms with Gasteiger partial charge < -0.3 is 15.2 Å². The Labute approximate surface area is 119 Å². The smallest absolute Gasteiger partial charge is 0.337 e. The summed E-state index contributed by atoms with van der Waals surface area (Å²) in [5.41, 5.74) is -0.0483. The number of nitrogens with one attached hydrogen (secondary N) is 1. The third kappa shape index (κ3) is 3.33. The lowest BCUT2D eigenvalue weighted by Gasteiger charge is -2.09. The van der Waals surface area contributed by atoms with Gasteiger partial charge in [-0.2, -0.15) is 0 Å². The molecule has 0 spiro atoms. The first-order chi connectivity index (χ1) is 10.0. The molecule has 6 nitrogen and oxygen atoms in total. The summed E-state index contributed by atoms with van der Waals surface area (Å²) in [6.45, 7) is 0. The van der Waals surface area contributed by atoms with Gasteiger partial charge in [-0.05, 0) is 30.3 Å². The predicted octanol–water partition coefficient (Wildman–Crippen LogP) is 2.18. The number of carboxylic acids is 1. The van der Waals surface area contributed by atoms with E-state index >= 15 is 0 Å². The second kappa shape index (κ2) is 6.00. The Kier molecular flexibility index (Phi) is 4.13. The molecule has 0 radical (unpaired) electrons. The molecular formula is C14H11FN2O4. The van der Waals surface area contributed by atoms with Crippen LogP contribution in [0.25, 0.3) is 0 Å². The number of nitrogens with zero attached hydrogens (tertiary/aromatic N) is 1. The van der Waals surface area contributed by atoms with Gasteiger partial charge in [-0.15, -0.1) is 0 Å². The van der Waals surface area contributed by atoms with E-state index in [4.69, 9.17) is 9.84 Å². The molecule has 1 aromatic heterocycles. The number of anilines is 1. The molecule has 21 heavy (non-hydrogen) atoms. The van der Waals surface area contributed by atoms with Gasteiger partial charge in [0.05, 0.1) is 24.6 Å². The average molecular weight is 290 g/mol. The number of hydrogen-bond acceptors (Lipinski definition) is 4. The Balaban J connectivity index is 2.28. The van der Waals surface area contributed by atoms with Crippen molar-refractivity contribution in [2.45, 2.75) is 0 Å². The molecule has 0 saturated carbocycles. The van der Waals surface area contributed by atoms with Crippen LogP contribution in [0.1, 0.15) is 20.8 Å². The number of hydrogen-bond donors (Lipinski definition) is 2. The number of methoxy groups -OCH3 is 1. The predicted molar refractivity (Wildman–Crippen MR) is 72.1 cm³/mol. The molecule has 2 N–H and O–H groups in total. The maximum Gasteiger partial charge on any atom is 0.337 e. The summed E-state index contributed by atoms with van der Waals surface area (Å²) in [6, 6.07) is 6.50. The third-order valence-electron chi connectivity index (χ3n) is 2.67. The van der Waals surface area contributed by atoms with Crippen molar-refractivity contribution >= 4 is 17.6 Å². The van der Waals surface area contributed by atoms with Crippen LogP contribution < -0.4 is 10.1 Å². The van der Waals surface area contributed by atoms with Gasteiger partial charge in [0.2, 0.25) is 0 Å². The Morgan fingerprint density at radius 3 is 2.62 bits per heavy atom. The third-order valence-corrected chi connectivity index (χ3v) is 2.67. The van der Waals surface area contributed by atoms with Gasteiger partial charge in [-0.3, -0.25) is 4.79 Å². The van der Waals surface area contributed by atoms with Gasteiger partial charge in [0.25, 0.3) is 5.91 Å². The fourth-order valence-electron chi connectivity index (χ4n) is 1.63. The molecule has 2 rings (SSSR count). The van der Waals surface area contributed by atoms with Crippen LogP contribution in [0.4, 0.5) is 10.1 Å². The van der Waals surface area contributed by atoms with Gasteiger partial charge in [0, 0.05) is 0 Å². The Morgan fingerprint density at radius 1 is 1.29 bits per heavy atom. The minimum Gasteiger partial charge on any atom is -0.497 e. The summed E-state index contributed by atoms with van der Waals surface area (Å²) in [7, 11) is 1.40. The van der Waals surface area contributed by atoms with Crippen molar-refractivity contribution in [3.8, 4) is 5.75 Å². The number of carboxylic acid groups (broad SMARTS) is 1. The number of pyridine rings is 1. The highest BCUT2D eigenvalue weighted by molar-refractivity contribution is 6.06. The van der Waals surface area contributed by atoms with E-state index < -0.39 is 17.7 Å². The van der Waals surface area contributed by atoms with Gasteiger partial charge in [0.15, 0.2) is 0 Å². The van der Waals surface area contributed by atoms with Crippen molar-refractivity contribution in [2.24, 2.45) is 0 Å². The monoisotopic (exact) mass is 290 g/mol. The molecule has 0 saturated heterocycles. The van der Waals surface area contributed by atoms with Crippen LogP contribution in [0.3, 0.4) is 0 Å². The summed E-state index contributed by atoms with van der Waals surface area (Å²) in [4.78, 5) is 26.7. The van der Waals surface area contributed by atoms with Crippen molar-refractivity contribution in [2.75, 3.05) is 12.4 Å². The first-order valence-corrected chi connectivity index (χ1v) is 5.85. The number of rotatable bonds is 4. The lowest BCUT2D eigenvalue weighted by Crippen LogP contribution is -2.16. The molecular weight excluding hydrogens is 279 g/mol. The Bertz CT molecular complexity index is 686. The van der Waals surface area contributed by atoms with E-state index in [1.165, 1.54) is 31.4 Å². The zero-order valence-corrected chi connectivity index (χ0v) is 11.0. The SMILES string of the molecule is COc1ccc(NC(=O)c2ccc(F)cn2)c(C(=O)O)c1. The molecule has 1 aromatic carbocycles. The quantitative estimate of drug-likeness (QED) is 0.901. The molecule has 0 bridgehead atoms. The summed E-state index contributed by atoms with van der Waals surface area (Å²) in [5.74, 6) is -2.06. The van der Waals surface area contributed by atoms with E-state index in [0.29, 0.717) is 5.75 Å². The fourth-order valence-corrected chi connectivity index (χ4v) is 1.63. The molecule has 0 aliphatic carbocycles. The standard InChI is InChI=1S/C14H11FN2O4/c1-21-9-3-5-11(10(6-9)14(19)20)17-13(18)12-4-2-8(15)7-16-12/h2-7H,1H3,(H,17,18)(H,19,20). The van der Waals surface area contributed by atoms with E-state index in [-0.39, 0.29) is 16.9 Å². The molecule has 0 fully saturated rings. The summed E-state index contributed by atoms with van der Waals surface area (Å²) in [6.07, 6.45) is 0.904. The van der Waals surface area contributed by atoms with Crippen LogP contribution in [-0.2, 0) is 0 Å². The minimum absolute atomic E-state index is 0.0245. The number of aromatic carboxylic acids is 1. The second-order valence-electron chi connectivity index (χ2n) is 4.03. The molecule has 0 aliphatic heterocycles. The van der Waals surface area contributed by atoms with Crippen molar-refractivity contribution in [3.63, 3.8) is 0 Å². The number of carbonyl (C=O) groups is 2. The molecule has 0 atom stereocenters. The van der Waals surface area contributed by atoms with Crippen LogP contribution >= 0.6 is 0 Å². The minimum atomic E-state index is -1.21. The van der Waals surface area contributed by atoms with E-state index in [9.17, 15) is 14.0 Å². The van der Waals surface area contributed by atoms with Crippen LogP contribution in [0.15, 0.2) is 36.5 Å². The fraction of sp³-hybridized carbons (Fsp3) is 0.0714. The highest BCUT2D eigenvalue weighted by Gasteiger charge is 2.15. The van der Waals surface area contributed by atoms with E-state index in [1.807, 2.05) is 0 Å². The number of benzene rings is 1. The summed E-state index contributed by atoms with van der Waals surface area (Å²) in [5, 5.41) is 11.6. The first kappa shape index (κ1) is 14.4. The zero-order chi connectivity index (χ0) is 15.4. The molecule has 0 unspecified atom stereocenters. The Morgan fingerprint density at radius 2 is 2.05 bits per heavy atom. The van der Waals surface area contributed by atoms with E-state index in [0.717, 1.165) is 12.3 Å². The molecule has 0 aliphatic rings. The van der Waals surface area contributed by atoms with Crippen LogP contribution in [-0.4, -0.2) is 29.1 Å². The van der Waals surface area contributed by atoms with Crippen molar-refractivity contribution in [3.05, 3.63) is 53.6 Å². The lowest BCUT2D eigenvalue weighted by molar-refractivity contribution is 0.0697. The largest absolute Gasteiger partial charge is 0.497 e. The number of ether oxygens (including phenoxy) is 1. The zero-order valence-electron chi connectivity index (χ0n) is 11.0. The number of aromatic nitrogens is 1. The molecule has 7 heteroatoms. The van der Waals surface area contributed by atoms with Crippen LogP contribution in [0.2, 0.25) is 0 Å². The van der Waals surface area contributed by atoms with Gasteiger partial charge in [-0.1, -0.05) is 0 Å². The molecule has 108 valence electrons. The van der Waals surface area contributed by atoms with Crippen molar-refractivity contribution in [1.82, 2.24) is 4.98 Å². The van der Waals surface area contributed by atoms with Gasteiger partial charge in [-0.25, -0.2) is 14.2 Å². The highest BCUT2D eigenvalue weighted by atomic mass is 19.1. The summed E-state index contributed by atoms with van der Waals surface area (Å²) >= 11 is 0. The maximum absolute atomic E-state index is 12.7. The number of halogens is 1. The highest BCUT2D eigenvalue weighted by Crippen LogP contribution is 2.22. The molecule has 2 aromatic rings.